The lowest BCUT2D eigenvalue weighted by Gasteiger charge is -2.26. The second kappa shape index (κ2) is 9.31. The van der Waals surface area contributed by atoms with Crippen molar-refractivity contribution in [3.63, 3.8) is 0 Å². The van der Waals surface area contributed by atoms with Crippen LogP contribution in [-0.4, -0.2) is 46.1 Å². The Bertz CT molecular complexity index is 1100. The molecule has 1 aliphatic heterocycles. The molecule has 8 heteroatoms. The molecule has 0 N–H and O–H groups in total. The number of pyridine rings is 1. The normalized spacial score (nSPS) is 14.8. The zero-order valence-electron chi connectivity index (χ0n) is 16.8. The summed E-state index contributed by atoms with van der Waals surface area (Å²) in [5, 5.41) is 0. The molecule has 0 saturated carbocycles. The fraction of sp³-hybridized carbons (Fsp3) is 0.348. The summed E-state index contributed by atoms with van der Waals surface area (Å²) in [7, 11) is 0. The molecule has 4 rings (SSSR count). The second-order valence-corrected chi connectivity index (χ2v) is 7.30. The van der Waals surface area contributed by atoms with Crippen LogP contribution in [0.4, 0.5) is 13.2 Å². The van der Waals surface area contributed by atoms with Gasteiger partial charge >= 0.3 is 6.18 Å². The summed E-state index contributed by atoms with van der Waals surface area (Å²) in [6.07, 6.45) is 0.901. The fourth-order valence-electron chi connectivity index (χ4n) is 3.39. The van der Waals surface area contributed by atoms with Crippen molar-refractivity contribution in [2.75, 3.05) is 26.2 Å². The van der Waals surface area contributed by atoms with Crippen LogP contribution in [0, 0.1) is 11.8 Å². The molecule has 0 radical (unpaired) electrons. The molecule has 0 spiro atoms. The zero-order valence-corrected chi connectivity index (χ0v) is 16.8. The number of hydrogen-bond donors (Lipinski definition) is 0. The Labute approximate surface area is 178 Å². The van der Waals surface area contributed by atoms with Gasteiger partial charge in [0.05, 0.1) is 5.56 Å². The first-order valence-electron chi connectivity index (χ1n) is 10.2. The molecule has 1 aliphatic rings. The van der Waals surface area contributed by atoms with Crippen LogP contribution in [0.1, 0.15) is 36.1 Å². The maximum atomic E-state index is 12.7. The molecule has 0 atom stereocenters. The van der Waals surface area contributed by atoms with Gasteiger partial charge in [-0.15, -0.1) is 0 Å². The molecule has 1 fully saturated rings. The molecule has 1 saturated heterocycles. The molecule has 2 aromatic heterocycles. The standard InChI is InChI=1S/C23H21F3N4O/c24-23(25,26)18-9-6-17(7-10-18)8-11-20-22(29-19-5-4-12-27-21(19)28-20)31-16-15-30-13-2-1-3-14-30/h4-7,9-10,12H,1-3,13-16H2. The van der Waals surface area contributed by atoms with Crippen molar-refractivity contribution in [1.29, 1.82) is 0 Å². The number of likely N-dealkylation sites (tertiary alicyclic amines) is 1. The lowest BCUT2D eigenvalue weighted by Crippen LogP contribution is -2.33. The number of rotatable bonds is 4. The first kappa shape index (κ1) is 21.1. The van der Waals surface area contributed by atoms with E-state index in [2.05, 4.69) is 31.7 Å². The monoisotopic (exact) mass is 426 g/mol. The van der Waals surface area contributed by atoms with Gasteiger partial charge in [0.25, 0.3) is 0 Å². The Morgan fingerprint density at radius 3 is 2.48 bits per heavy atom. The number of ether oxygens (including phenoxy) is 1. The molecule has 0 unspecified atom stereocenters. The summed E-state index contributed by atoms with van der Waals surface area (Å²) in [4.78, 5) is 15.5. The number of halogens is 3. The minimum atomic E-state index is -4.38. The van der Waals surface area contributed by atoms with Crippen LogP contribution in [0.2, 0.25) is 0 Å². The van der Waals surface area contributed by atoms with E-state index in [-0.39, 0.29) is 0 Å². The molecular weight excluding hydrogens is 405 g/mol. The van der Waals surface area contributed by atoms with Gasteiger partial charge in [-0.25, -0.2) is 15.0 Å². The lowest BCUT2D eigenvalue weighted by atomic mass is 10.1. The second-order valence-electron chi connectivity index (χ2n) is 7.30. The van der Waals surface area contributed by atoms with E-state index in [1.54, 1.807) is 18.3 Å². The molecule has 0 amide bonds. The van der Waals surface area contributed by atoms with Crippen LogP contribution in [0.25, 0.3) is 11.2 Å². The zero-order chi connectivity index (χ0) is 21.7. The fourth-order valence-corrected chi connectivity index (χ4v) is 3.39. The number of fused-ring (bicyclic) bond motifs is 1. The first-order chi connectivity index (χ1) is 15.0. The quantitative estimate of drug-likeness (QED) is 0.582. The van der Waals surface area contributed by atoms with Crippen LogP contribution in [0.5, 0.6) is 5.88 Å². The highest BCUT2D eigenvalue weighted by Gasteiger charge is 2.29. The van der Waals surface area contributed by atoms with Gasteiger partial charge in [-0.05, 0) is 68.2 Å². The maximum Gasteiger partial charge on any atom is 0.416 e. The molecule has 0 aliphatic carbocycles. The van der Waals surface area contributed by atoms with E-state index < -0.39 is 11.7 Å². The van der Waals surface area contributed by atoms with Crippen molar-refractivity contribution in [2.45, 2.75) is 25.4 Å². The maximum absolute atomic E-state index is 12.7. The van der Waals surface area contributed by atoms with Crippen LogP contribution >= 0.6 is 0 Å². The largest absolute Gasteiger partial charge is 0.474 e. The smallest absolute Gasteiger partial charge is 0.416 e. The number of piperidine rings is 1. The Hall–Kier alpha value is -3.18. The Morgan fingerprint density at radius 2 is 1.74 bits per heavy atom. The number of benzene rings is 1. The number of aromatic nitrogens is 3. The van der Waals surface area contributed by atoms with E-state index in [0.29, 0.717) is 34.9 Å². The van der Waals surface area contributed by atoms with E-state index in [1.807, 2.05) is 0 Å². The van der Waals surface area contributed by atoms with E-state index in [1.165, 1.54) is 31.4 Å². The third-order valence-electron chi connectivity index (χ3n) is 5.04. The van der Waals surface area contributed by atoms with E-state index >= 15 is 0 Å². The van der Waals surface area contributed by atoms with Gasteiger partial charge in [-0.3, -0.25) is 4.90 Å². The summed E-state index contributed by atoms with van der Waals surface area (Å²) >= 11 is 0. The highest BCUT2D eigenvalue weighted by molar-refractivity contribution is 5.71. The summed E-state index contributed by atoms with van der Waals surface area (Å²) in [5.41, 5.74) is 1.06. The molecule has 160 valence electrons. The number of nitrogens with zero attached hydrogens (tertiary/aromatic N) is 4. The average Bonchev–Trinajstić information content (AvgIpc) is 2.78. The van der Waals surface area contributed by atoms with Gasteiger partial charge < -0.3 is 4.74 Å². The molecular formula is C23H21F3N4O. The van der Waals surface area contributed by atoms with E-state index in [9.17, 15) is 13.2 Å². The third-order valence-corrected chi connectivity index (χ3v) is 5.04. The topological polar surface area (TPSA) is 51.1 Å². The summed E-state index contributed by atoms with van der Waals surface area (Å²) < 4.78 is 44.1. The van der Waals surface area contributed by atoms with Crippen molar-refractivity contribution in [3.8, 4) is 17.7 Å². The van der Waals surface area contributed by atoms with Gasteiger partial charge in [-0.1, -0.05) is 12.3 Å². The molecule has 3 heterocycles. The van der Waals surface area contributed by atoms with Gasteiger partial charge in [0, 0.05) is 18.3 Å². The van der Waals surface area contributed by atoms with Gasteiger partial charge in [0.1, 0.15) is 12.1 Å². The minimum absolute atomic E-state index is 0.303. The van der Waals surface area contributed by atoms with E-state index in [0.717, 1.165) is 31.8 Å². The first-order valence-corrected chi connectivity index (χ1v) is 10.2. The molecule has 5 nitrogen and oxygen atoms in total. The highest BCUT2D eigenvalue weighted by atomic mass is 19.4. The summed E-state index contributed by atoms with van der Waals surface area (Å²) in [6.45, 7) is 3.38. The van der Waals surface area contributed by atoms with Crippen LogP contribution in [0.15, 0.2) is 42.6 Å². The minimum Gasteiger partial charge on any atom is -0.474 e. The van der Waals surface area contributed by atoms with Crippen LogP contribution < -0.4 is 4.74 Å². The number of alkyl halides is 3. The van der Waals surface area contributed by atoms with Crippen LogP contribution in [-0.2, 0) is 6.18 Å². The lowest BCUT2D eigenvalue weighted by molar-refractivity contribution is -0.137. The van der Waals surface area contributed by atoms with Crippen molar-refractivity contribution >= 4 is 11.2 Å². The van der Waals surface area contributed by atoms with Crippen molar-refractivity contribution < 1.29 is 17.9 Å². The predicted molar refractivity (Wildman–Crippen MR) is 111 cm³/mol. The van der Waals surface area contributed by atoms with Gasteiger partial charge in [0.2, 0.25) is 5.88 Å². The molecule has 0 bridgehead atoms. The SMILES string of the molecule is FC(F)(F)c1ccc(C#Cc2nc3ncccc3nc2OCCN2CCCCC2)cc1. The predicted octanol–water partition coefficient (Wildman–Crippen LogP) is 4.31. The Kier molecular flexibility index (Phi) is 6.33. The van der Waals surface area contributed by atoms with E-state index in [4.69, 9.17) is 4.74 Å². The summed E-state index contributed by atoms with van der Waals surface area (Å²) in [5.74, 6) is 6.03. The van der Waals surface area contributed by atoms with Crippen molar-refractivity contribution in [2.24, 2.45) is 0 Å². The van der Waals surface area contributed by atoms with Crippen molar-refractivity contribution in [3.05, 3.63) is 59.4 Å². The average molecular weight is 426 g/mol. The van der Waals surface area contributed by atoms with Crippen LogP contribution in [0.3, 0.4) is 0 Å². The molecule has 3 aromatic rings. The number of hydrogen-bond acceptors (Lipinski definition) is 5. The Balaban J connectivity index is 1.55. The molecule has 31 heavy (non-hydrogen) atoms. The summed E-state index contributed by atoms with van der Waals surface area (Å²) in [6, 6.07) is 8.24. The van der Waals surface area contributed by atoms with Crippen molar-refractivity contribution in [1.82, 2.24) is 19.9 Å². The molecule has 1 aromatic carbocycles. The van der Waals surface area contributed by atoms with Gasteiger partial charge in [0.15, 0.2) is 11.3 Å². The third kappa shape index (κ3) is 5.50. The highest BCUT2D eigenvalue weighted by Crippen LogP contribution is 2.29. The Morgan fingerprint density at radius 1 is 0.968 bits per heavy atom. The van der Waals surface area contributed by atoms with Gasteiger partial charge in [-0.2, -0.15) is 13.2 Å².